The summed E-state index contributed by atoms with van der Waals surface area (Å²) in [5, 5.41) is 3.57. The van der Waals surface area contributed by atoms with Crippen LogP contribution >= 0.6 is 0 Å². The Hall–Kier alpha value is -1.02. The molecule has 0 amide bonds. The minimum atomic E-state index is 0.298. The van der Waals surface area contributed by atoms with Gasteiger partial charge in [-0.05, 0) is 31.4 Å². The molecule has 1 unspecified atom stereocenters. The lowest BCUT2D eigenvalue weighted by Crippen LogP contribution is -2.26. The highest BCUT2D eigenvalue weighted by Gasteiger charge is 2.21. The molecule has 0 aliphatic heterocycles. The maximum Gasteiger partial charge on any atom is 0.124 e. The van der Waals surface area contributed by atoms with Crippen LogP contribution in [0.15, 0.2) is 24.3 Å². The minimum Gasteiger partial charge on any atom is -0.494 e. The van der Waals surface area contributed by atoms with Crippen molar-refractivity contribution in [3.8, 4) is 5.75 Å². The number of nitrogens with one attached hydrogen (secondary N) is 1. The maximum atomic E-state index is 5.74. The second kappa shape index (κ2) is 6.79. The molecule has 18 heavy (non-hydrogen) atoms. The number of para-hydroxylation sites is 1. The average molecular weight is 249 g/mol. The molecule has 1 atom stereocenters. The first kappa shape index (κ1) is 15.0. The summed E-state index contributed by atoms with van der Waals surface area (Å²) in [6.45, 7) is 12.7. The molecule has 0 aliphatic rings. The van der Waals surface area contributed by atoms with Crippen LogP contribution in [-0.2, 0) is 0 Å². The molecule has 0 bridgehead atoms. The van der Waals surface area contributed by atoms with E-state index < -0.39 is 0 Å². The van der Waals surface area contributed by atoms with Crippen molar-refractivity contribution in [2.75, 3.05) is 13.2 Å². The molecular formula is C16H27NO. The van der Waals surface area contributed by atoms with Gasteiger partial charge in [0.15, 0.2) is 0 Å². The largest absolute Gasteiger partial charge is 0.494 e. The van der Waals surface area contributed by atoms with E-state index in [9.17, 15) is 0 Å². The Balaban J connectivity index is 2.97. The summed E-state index contributed by atoms with van der Waals surface area (Å²) in [6, 6.07) is 8.72. The summed E-state index contributed by atoms with van der Waals surface area (Å²) in [5.74, 6) is 1.01. The Labute approximate surface area is 112 Å². The van der Waals surface area contributed by atoms with E-state index in [0.717, 1.165) is 18.7 Å². The fourth-order valence-electron chi connectivity index (χ4n) is 2.21. The van der Waals surface area contributed by atoms with Crippen LogP contribution in [0.1, 0.15) is 52.6 Å². The second-order valence-corrected chi connectivity index (χ2v) is 5.85. The number of ether oxygens (including phenoxy) is 1. The van der Waals surface area contributed by atoms with E-state index in [1.807, 2.05) is 13.0 Å². The highest BCUT2D eigenvalue weighted by Crippen LogP contribution is 2.33. The van der Waals surface area contributed by atoms with E-state index in [1.165, 1.54) is 5.56 Å². The van der Waals surface area contributed by atoms with Gasteiger partial charge in [0.2, 0.25) is 0 Å². The molecule has 2 heteroatoms. The van der Waals surface area contributed by atoms with Crippen molar-refractivity contribution in [2.45, 2.75) is 47.1 Å². The van der Waals surface area contributed by atoms with Crippen molar-refractivity contribution in [1.82, 2.24) is 5.32 Å². The van der Waals surface area contributed by atoms with Gasteiger partial charge in [0.25, 0.3) is 0 Å². The normalized spacial score (nSPS) is 13.4. The molecule has 0 spiro atoms. The maximum absolute atomic E-state index is 5.74. The fourth-order valence-corrected chi connectivity index (χ4v) is 2.21. The Morgan fingerprint density at radius 1 is 1.17 bits per heavy atom. The molecule has 0 aromatic heterocycles. The molecule has 0 saturated heterocycles. The zero-order chi connectivity index (χ0) is 13.6. The molecule has 0 heterocycles. The predicted octanol–water partition coefficient (Wildman–Crippen LogP) is 4.17. The van der Waals surface area contributed by atoms with E-state index in [2.05, 4.69) is 51.2 Å². The second-order valence-electron chi connectivity index (χ2n) is 5.85. The first-order valence-electron chi connectivity index (χ1n) is 6.93. The minimum absolute atomic E-state index is 0.298. The molecule has 0 saturated carbocycles. The van der Waals surface area contributed by atoms with E-state index in [-0.39, 0.29) is 0 Å². The van der Waals surface area contributed by atoms with Crippen LogP contribution in [0.2, 0.25) is 0 Å². The highest BCUT2D eigenvalue weighted by molar-refractivity contribution is 5.36. The molecular weight excluding hydrogens is 222 g/mol. The van der Waals surface area contributed by atoms with Gasteiger partial charge in [-0.15, -0.1) is 0 Å². The van der Waals surface area contributed by atoms with Crippen molar-refractivity contribution in [3.05, 3.63) is 29.8 Å². The van der Waals surface area contributed by atoms with Gasteiger partial charge in [-0.2, -0.15) is 0 Å². The summed E-state index contributed by atoms with van der Waals surface area (Å²) in [4.78, 5) is 0. The molecule has 2 nitrogen and oxygen atoms in total. The number of hydrogen-bond acceptors (Lipinski definition) is 2. The Morgan fingerprint density at radius 2 is 1.83 bits per heavy atom. The summed E-state index contributed by atoms with van der Waals surface area (Å²) >= 11 is 0. The van der Waals surface area contributed by atoms with Crippen LogP contribution < -0.4 is 10.1 Å². The SMILES string of the molecule is CCNC(CC(C)(C)C)c1ccccc1OCC. The molecule has 1 N–H and O–H groups in total. The number of benzene rings is 1. The number of hydrogen-bond donors (Lipinski definition) is 1. The summed E-state index contributed by atoms with van der Waals surface area (Å²) < 4.78 is 5.74. The zero-order valence-electron chi connectivity index (χ0n) is 12.4. The third kappa shape index (κ3) is 4.69. The van der Waals surface area contributed by atoms with Crippen LogP contribution in [0.4, 0.5) is 0 Å². The lowest BCUT2D eigenvalue weighted by Gasteiger charge is -2.28. The van der Waals surface area contributed by atoms with Crippen LogP contribution in [0.25, 0.3) is 0 Å². The Kier molecular flexibility index (Phi) is 5.67. The third-order valence-electron chi connectivity index (χ3n) is 2.86. The summed E-state index contributed by atoms with van der Waals surface area (Å²) in [6.07, 6.45) is 1.10. The first-order chi connectivity index (χ1) is 8.48. The molecule has 1 aromatic carbocycles. The smallest absolute Gasteiger partial charge is 0.124 e. The molecule has 1 rings (SSSR count). The van der Waals surface area contributed by atoms with Crippen LogP contribution in [-0.4, -0.2) is 13.2 Å². The molecule has 1 aromatic rings. The van der Waals surface area contributed by atoms with Gasteiger partial charge in [-0.25, -0.2) is 0 Å². The van der Waals surface area contributed by atoms with Crippen molar-refractivity contribution < 1.29 is 4.74 Å². The van der Waals surface area contributed by atoms with Crippen LogP contribution in [0, 0.1) is 5.41 Å². The van der Waals surface area contributed by atoms with Crippen molar-refractivity contribution in [2.24, 2.45) is 5.41 Å². The lowest BCUT2D eigenvalue weighted by atomic mass is 9.85. The van der Waals surface area contributed by atoms with Gasteiger partial charge in [0.1, 0.15) is 5.75 Å². The molecule has 0 aliphatic carbocycles. The third-order valence-corrected chi connectivity index (χ3v) is 2.86. The molecule has 0 fully saturated rings. The monoisotopic (exact) mass is 249 g/mol. The van der Waals surface area contributed by atoms with Crippen molar-refractivity contribution >= 4 is 0 Å². The van der Waals surface area contributed by atoms with Gasteiger partial charge in [-0.3, -0.25) is 0 Å². The zero-order valence-corrected chi connectivity index (χ0v) is 12.4. The predicted molar refractivity (Wildman–Crippen MR) is 78.1 cm³/mol. The highest BCUT2D eigenvalue weighted by atomic mass is 16.5. The van der Waals surface area contributed by atoms with E-state index in [4.69, 9.17) is 4.74 Å². The first-order valence-corrected chi connectivity index (χ1v) is 6.93. The average Bonchev–Trinajstić information content (AvgIpc) is 2.28. The topological polar surface area (TPSA) is 21.3 Å². The van der Waals surface area contributed by atoms with Gasteiger partial charge >= 0.3 is 0 Å². The van der Waals surface area contributed by atoms with E-state index in [0.29, 0.717) is 18.1 Å². The van der Waals surface area contributed by atoms with Crippen LogP contribution in [0.3, 0.4) is 0 Å². The lowest BCUT2D eigenvalue weighted by molar-refractivity contribution is 0.296. The van der Waals surface area contributed by atoms with Gasteiger partial charge in [0.05, 0.1) is 6.61 Å². The standard InChI is InChI=1S/C16H27NO/c1-6-17-14(12-16(3,4)5)13-10-8-9-11-15(13)18-7-2/h8-11,14,17H,6-7,12H2,1-5H3. The fraction of sp³-hybridized carbons (Fsp3) is 0.625. The summed E-state index contributed by atoms with van der Waals surface area (Å²) in [7, 11) is 0. The van der Waals surface area contributed by atoms with Crippen molar-refractivity contribution in [1.29, 1.82) is 0 Å². The quantitative estimate of drug-likeness (QED) is 0.817. The Bertz CT molecular complexity index is 354. The van der Waals surface area contributed by atoms with Gasteiger partial charge in [-0.1, -0.05) is 45.9 Å². The molecule has 0 radical (unpaired) electrons. The Morgan fingerprint density at radius 3 is 2.39 bits per heavy atom. The van der Waals surface area contributed by atoms with Crippen LogP contribution in [0.5, 0.6) is 5.75 Å². The van der Waals surface area contributed by atoms with Gasteiger partial charge < -0.3 is 10.1 Å². The summed E-state index contributed by atoms with van der Waals surface area (Å²) in [5.41, 5.74) is 1.57. The van der Waals surface area contributed by atoms with Crippen molar-refractivity contribution in [3.63, 3.8) is 0 Å². The number of rotatable bonds is 6. The van der Waals surface area contributed by atoms with E-state index >= 15 is 0 Å². The van der Waals surface area contributed by atoms with E-state index in [1.54, 1.807) is 0 Å². The van der Waals surface area contributed by atoms with Gasteiger partial charge in [0, 0.05) is 11.6 Å². The molecule has 102 valence electrons.